The molecule has 1 aromatic heterocycles. The maximum absolute atomic E-state index is 12.2. The smallest absolute Gasteiger partial charge is 0.247 e. The molecule has 2 aromatic rings. The number of amides is 1. The summed E-state index contributed by atoms with van der Waals surface area (Å²) >= 11 is 5.86. The fourth-order valence-electron chi connectivity index (χ4n) is 1.71. The number of nitrogens with two attached hydrogens (primary N) is 1. The molecule has 0 bridgehead atoms. The maximum Gasteiger partial charge on any atom is 0.247 e. The van der Waals surface area contributed by atoms with Crippen LogP contribution < -0.4 is 11.1 Å². The molecule has 0 aliphatic heterocycles. The normalized spacial score (nSPS) is 11.7. The molecule has 1 heterocycles. The van der Waals surface area contributed by atoms with Crippen LogP contribution in [0.1, 0.15) is 18.8 Å². The fraction of sp³-hybridized carbons (Fsp3) is 0.154. The van der Waals surface area contributed by atoms with Crippen LogP contribution in [0.5, 0.6) is 0 Å². The summed E-state index contributed by atoms with van der Waals surface area (Å²) in [4.78, 5) is 16.0. The Balaban J connectivity index is 2.20. The molecule has 2 rings (SSSR count). The number of benzene rings is 1. The van der Waals surface area contributed by atoms with E-state index in [1.165, 1.54) is 10.8 Å². The van der Waals surface area contributed by atoms with Gasteiger partial charge in [-0.25, -0.2) is 4.98 Å². The highest BCUT2D eigenvalue weighted by Crippen LogP contribution is 2.24. The second kappa shape index (κ2) is 5.63. The van der Waals surface area contributed by atoms with Gasteiger partial charge in [0.15, 0.2) is 0 Å². The summed E-state index contributed by atoms with van der Waals surface area (Å²) < 4.78 is 1.48. The molecule has 0 saturated heterocycles. The number of aromatic nitrogens is 2. The number of halogens is 1. The number of anilines is 2. The Bertz CT molecular complexity index is 688. The van der Waals surface area contributed by atoms with Crippen molar-refractivity contribution >= 4 is 28.9 Å². The Morgan fingerprint density at radius 1 is 1.60 bits per heavy atom. The van der Waals surface area contributed by atoms with E-state index in [1.54, 1.807) is 31.3 Å². The predicted molar refractivity (Wildman–Crippen MR) is 76.1 cm³/mol. The Morgan fingerprint density at radius 3 is 3.05 bits per heavy atom. The molecule has 0 aliphatic rings. The molecule has 1 atom stereocenters. The first-order chi connectivity index (χ1) is 9.52. The molecule has 0 radical (unpaired) electrons. The zero-order valence-corrected chi connectivity index (χ0v) is 11.4. The molecule has 0 fully saturated rings. The summed E-state index contributed by atoms with van der Waals surface area (Å²) in [6, 6.07) is 6.15. The summed E-state index contributed by atoms with van der Waals surface area (Å²) in [5.41, 5.74) is 6.62. The molecule has 0 aliphatic carbocycles. The second-order valence-corrected chi connectivity index (χ2v) is 4.60. The van der Waals surface area contributed by atoms with E-state index in [0.29, 0.717) is 16.4 Å². The fourth-order valence-corrected chi connectivity index (χ4v) is 1.88. The van der Waals surface area contributed by atoms with Crippen molar-refractivity contribution in [3.05, 3.63) is 41.4 Å². The lowest BCUT2D eigenvalue weighted by Gasteiger charge is -2.15. The molecule has 1 aromatic carbocycles. The first-order valence-electron chi connectivity index (χ1n) is 5.81. The summed E-state index contributed by atoms with van der Waals surface area (Å²) in [5, 5.41) is 12.1. The third kappa shape index (κ3) is 2.73. The number of nitrogens with zero attached hydrogens (tertiary/aromatic N) is 3. The van der Waals surface area contributed by atoms with Gasteiger partial charge >= 0.3 is 0 Å². The lowest BCUT2D eigenvalue weighted by atomic mass is 10.2. The van der Waals surface area contributed by atoms with E-state index in [0.717, 1.165) is 0 Å². The van der Waals surface area contributed by atoms with Gasteiger partial charge in [0.2, 0.25) is 11.7 Å². The van der Waals surface area contributed by atoms with Crippen LogP contribution in [0.15, 0.2) is 30.6 Å². The molecule has 1 amide bonds. The van der Waals surface area contributed by atoms with Crippen molar-refractivity contribution in [2.24, 2.45) is 0 Å². The third-order valence-corrected chi connectivity index (χ3v) is 3.07. The van der Waals surface area contributed by atoms with Crippen LogP contribution in [-0.2, 0) is 4.79 Å². The molecule has 7 heteroatoms. The minimum Gasteiger partial charge on any atom is -0.397 e. The number of nitrogens with one attached hydrogen (secondary N) is 1. The van der Waals surface area contributed by atoms with E-state index in [-0.39, 0.29) is 11.7 Å². The van der Waals surface area contributed by atoms with Crippen molar-refractivity contribution in [2.75, 3.05) is 11.1 Å². The van der Waals surface area contributed by atoms with Gasteiger partial charge in [-0.05, 0) is 25.1 Å². The Kier molecular flexibility index (Phi) is 3.91. The number of imidazole rings is 1. The maximum atomic E-state index is 12.2. The lowest BCUT2D eigenvalue weighted by Crippen LogP contribution is -2.24. The molecule has 0 saturated carbocycles. The van der Waals surface area contributed by atoms with E-state index in [9.17, 15) is 4.79 Å². The minimum absolute atomic E-state index is 0.173. The molecule has 6 nitrogen and oxygen atoms in total. The summed E-state index contributed by atoms with van der Waals surface area (Å²) in [6.07, 6.45) is 3.04. The molecule has 0 spiro atoms. The van der Waals surface area contributed by atoms with Crippen molar-refractivity contribution in [1.82, 2.24) is 9.55 Å². The zero-order valence-electron chi connectivity index (χ0n) is 10.7. The Hall–Kier alpha value is -2.52. The quantitative estimate of drug-likeness (QED) is 0.846. The largest absolute Gasteiger partial charge is 0.397 e. The van der Waals surface area contributed by atoms with E-state index in [4.69, 9.17) is 22.6 Å². The number of hydrogen-bond acceptors (Lipinski definition) is 4. The SMILES string of the molecule is CC(C(=O)Nc1cc(Cl)ccc1N)n1ccnc1C#N. The van der Waals surface area contributed by atoms with Crippen molar-refractivity contribution in [3.63, 3.8) is 0 Å². The van der Waals surface area contributed by atoms with Crippen molar-refractivity contribution < 1.29 is 4.79 Å². The average Bonchev–Trinajstić information content (AvgIpc) is 2.90. The highest BCUT2D eigenvalue weighted by atomic mass is 35.5. The van der Waals surface area contributed by atoms with Gasteiger partial charge in [0, 0.05) is 17.4 Å². The van der Waals surface area contributed by atoms with Gasteiger partial charge < -0.3 is 15.6 Å². The van der Waals surface area contributed by atoms with Crippen LogP contribution in [0.2, 0.25) is 5.02 Å². The Labute approximate surface area is 120 Å². The van der Waals surface area contributed by atoms with Gasteiger partial charge in [-0.1, -0.05) is 11.6 Å². The molecule has 3 N–H and O–H groups in total. The van der Waals surface area contributed by atoms with Crippen molar-refractivity contribution in [3.8, 4) is 6.07 Å². The molecular weight excluding hydrogens is 278 g/mol. The standard InChI is InChI=1S/C13H12ClN5O/c1-8(19-5-4-17-12(19)7-15)13(20)18-11-6-9(14)2-3-10(11)16/h2-6,8H,16H2,1H3,(H,18,20). The number of nitriles is 1. The number of nitrogen functional groups attached to an aromatic ring is 1. The summed E-state index contributed by atoms with van der Waals surface area (Å²) in [7, 11) is 0. The minimum atomic E-state index is -0.592. The number of carbonyl (C=O) groups is 1. The van der Waals surface area contributed by atoms with Crippen molar-refractivity contribution in [2.45, 2.75) is 13.0 Å². The predicted octanol–water partition coefficient (Wildman–Crippen LogP) is 2.19. The first kappa shape index (κ1) is 13.9. The molecule has 20 heavy (non-hydrogen) atoms. The first-order valence-corrected chi connectivity index (χ1v) is 6.19. The molecular formula is C13H12ClN5O. The highest BCUT2D eigenvalue weighted by Gasteiger charge is 2.18. The summed E-state index contributed by atoms with van der Waals surface area (Å²) in [5.74, 6) is -0.139. The van der Waals surface area contributed by atoms with E-state index in [2.05, 4.69) is 10.3 Å². The van der Waals surface area contributed by atoms with Gasteiger partial charge in [0.05, 0.1) is 11.4 Å². The second-order valence-electron chi connectivity index (χ2n) is 4.17. The monoisotopic (exact) mass is 289 g/mol. The van der Waals surface area contributed by atoms with Gasteiger partial charge in [0.25, 0.3) is 0 Å². The van der Waals surface area contributed by atoms with Gasteiger partial charge in [-0.3, -0.25) is 4.79 Å². The Morgan fingerprint density at radius 2 is 2.35 bits per heavy atom. The van der Waals surface area contributed by atoms with Crippen LogP contribution >= 0.6 is 11.6 Å². The third-order valence-electron chi connectivity index (χ3n) is 2.84. The number of hydrogen-bond donors (Lipinski definition) is 2. The zero-order chi connectivity index (χ0) is 14.7. The van der Waals surface area contributed by atoms with E-state index < -0.39 is 6.04 Å². The highest BCUT2D eigenvalue weighted by molar-refractivity contribution is 6.31. The number of rotatable bonds is 3. The average molecular weight is 290 g/mol. The van der Waals surface area contributed by atoms with Crippen LogP contribution in [0.25, 0.3) is 0 Å². The van der Waals surface area contributed by atoms with Gasteiger partial charge in [-0.2, -0.15) is 5.26 Å². The van der Waals surface area contributed by atoms with E-state index in [1.807, 2.05) is 6.07 Å². The molecule has 102 valence electrons. The lowest BCUT2D eigenvalue weighted by molar-refractivity contribution is -0.118. The molecule has 1 unspecified atom stereocenters. The van der Waals surface area contributed by atoms with Crippen LogP contribution in [-0.4, -0.2) is 15.5 Å². The van der Waals surface area contributed by atoms with Gasteiger partial charge in [-0.15, -0.1) is 0 Å². The number of carbonyl (C=O) groups excluding carboxylic acids is 1. The van der Waals surface area contributed by atoms with Crippen LogP contribution in [0, 0.1) is 11.3 Å². The van der Waals surface area contributed by atoms with E-state index >= 15 is 0 Å². The van der Waals surface area contributed by atoms with Gasteiger partial charge in [0.1, 0.15) is 12.1 Å². The van der Waals surface area contributed by atoms with Crippen molar-refractivity contribution in [1.29, 1.82) is 5.26 Å². The summed E-state index contributed by atoms with van der Waals surface area (Å²) in [6.45, 7) is 1.67. The van der Waals surface area contributed by atoms with Crippen LogP contribution in [0.3, 0.4) is 0 Å². The van der Waals surface area contributed by atoms with Crippen LogP contribution in [0.4, 0.5) is 11.4 Å². The topological polar surface area (TPSA) is 96.7 Å².